The molecule has 0 spiro atoms. The summed E-state index contributed by atoms with van der Waals surface area (Å²) in [5, 5.41) is 16.5. The summed E-state index contributed by atoms with van der Waals surface area (Å²) >= 11 is 0. The second-order valence-corrected chi connectivity index (χ2v) is 6.60. The first-order chi connectivity index (χ1) is 9.94. The number of aliphatic carboxylic acids is 1. The number of hydrogen-bond donors (Lipinski definition) is 2. The Morgan fingerprint density at radius 3 is 2.86 bits per heavy atom. The molecule has 2 atom stereocenters. The second kappa shape index (κ2) is 4.86. The zero-order chi connectivity index (χ0) is 15.2. The highest BCUT2D eigenvalue weighted by molar-refractivity contribution is 5.93. The van der Waals surface area contributed by atoms with Crippen LogP contribution < -0.4 is 0 Å². The van der Waals surface area contributed by atoms with Crippen LogP contribution in [0.4, 0.5) is 0 Å². The summed E-state index contributed by atoms with van der Waals surface area (Å²) in [4.78, 5) is 25.8. The number of fused-ring (bicyclic) bond motifs is 1. The molecule has 1 saturated heterocycles. The summed E-state index contributed by atoms with van der Waals surface area (Å²) in [5.74, 6) is -0.553. The van der Waals surface area contributed by atoms with E-state index in [2.05, 4.69) is 10.2 Å². The maximum atomic E-state index is 12.5. The first-order valence-electron chi connectivity index (χ1n) is 7.52. The summed E-state index contributed by atoms with van der Waals surface area (Å²) in [5.41, 5.74) is 0.581. The molecular weight excluding hydrogens is 270 g/mol. The number of carbonyl (C=O) groups excluding carboxylic acids is 1. The molecular formula is C15H21N3O3. The Labute approximate surface area is 123 Å². The standard InChI is InChI=1S/C15H21N3O3/c1-9(2)11-6-12(17-16-11)13(19)18-7-10-4-3-5-15(10,8-18)14(20)21/h6,9-10H,3-5,7-8H2,1-2H3,(H,16,17)(H,20,21)/t10-,15+/m0/s1. The topological polar surface area (TPSA) is 86.3 Å². The predicted octanol–water partition coefficient (Wildman–Crippen LogP) is 1.86. The van der Waals surface area contributed by atoms with E-state index in [0.29, 0.717) is 25.2 Å². The van der Waals surface area contributed by atoms with Crippen LogP contribution in [0.1, 0.15) is 55.2 Å². The maximum Gasteiger partial charge on any atom is 0.311 e. The molecule has 2 aliphatic rings. The van der Waals surface area contributed by atoms with Gasteiger partial charge >= 0.3 is 5.97 Å². The van der Waals surface area contributed by atoms with E-state index in [1.54, 1.807) is 11.0 Å². The van der Waals surface area contributed by atoms with Crippen molar-refractivity contribution in [2.45, 2.75) is 39.0 Å². The molecule has 2 N–H and O–H groups in total. The van der Waals surface area contributed by atoms with Gasteiger partial charge in [0.15, 0.2) is 0 Å². The van der Waals surface area contributed by atoms with Crippen LogP contribution in [-0.2, 0) is 4.79 Å². The summed E-state index contributed by atoms with van der Waals surface area (Å²) in [7, 11) is 0. The van der Waals surface area contributed by atoms with E-state index < -0.39 is 11.4 Å². The van der Waals surface area contributed by atoms with Crippen LogP contribution >= 0.6 is 0 Å². The Bertz CT molecular complexity index is 580. The molecule has 2 heterocycles. The van der Waals surface area contributed by atoms with E-state index in [1.165, 1.54) is 0 Å². The fraction of sp³-hybridized carbons (Fsp3) is 0.667. The van der Waals surface area contributed by atoms with Gasteiger partial charge in [0.1, 0.15) is 5.69 Å². The zero-order valence-electron chi connectivity index (χ0n) is 12.4. The monoisotopic (exact) mass is 291 g/mol. The normalized spacial score (nSPS) is 28.1. The highest BCUT2D eigenvalue weighted by Gasteiger charge is 2.55. The minimum Gasteiger partial charge on any atom is -0.481 e. The van der Waals surface area contributed by atoms with E-state index in [-0.39, 0.29) is 17.7 Å². The number of amides is 1. The SMILES string of the molecule is CC(C)c1cc(C(=O)N2C[C@@H]3CCC[C@@]3(C(=O)O)C2)n[nH]1. The van der Waals surface area contributed by atoms with Crippen LogP contribution in [0.15, 0.2) is 6.07 Å². The van der Waals surface area contributed by atoms with E-state index >= 15 is 0 Å². The number of rotatable bonds is 3. The average Bonchev–Trinajstić information content (AvgIpc) is 3.11. The average molecular weight is 291 g/mol. The molecule has 0 bridgehead atoms. The van der Waals surface area contributed by atoms with Gasteiger partial charge < -0.3 is 10.0 Å². The number of carbonyl (C=O) groups is 2. The van der Waals surface area contributed by atoms with Gasteiger partial charge in [-0.15, -0.1) is 0 Å². The molecule has 1 amide bonds. The Kier molecular flexibility index (Phi) is 3.26. The highest BCUT2D eigenvalue weighted by atomic mass is 16.4. The Morgan fingerprint density at radius 1 is 1.52 bits per heavy atom. The van der Waals surface area contributed by atoms with Gasteiger partial charge in [0, 0.05) is 18.8 Å². The number of nitrogens with zero attached hydrogens (tertiary/aromatic N) is 2. The van der Waals surface area contributed by atoms with E-state index in [4.69, 9.17) is 0 Å². The molecule has 1 aliphatic heterocycles. The molecule has 1 aromatic heterocycles. The number of carboxylic acid groups (broad SMARTS) is 1. The van der Waals surface area contributed by atoms with Crippen molar-refractivity contribution >= 4 is 11.9 Å². The Morgan fingerprint density at radius 2 is 2.29 bits per heavy atom. The van der Waals surface area contributed by atoms with Crippen LogP contribution in [-0.4, -0.2) is 45.2 Å². The van der Waals surface area contributed by atoms with Crippen LogP contribution in [0.5, 0.6) is 0 Å². The first-order valence-corrected chi connectivity index (χ1v) is 7.52. The fourth-order valence-electron chi connectivity index (χ4n) is 3.70. The third kappa shape index (κ3) is 2.13. The molecule has 0 aromatic carbocycles. The lowest BCUT2D eigenvalue weighted by atomic mass is 9.81. The van der Waals surface area contributed by atoms with Crippen LogP contribution in [0.25, 0.3) is 0 Å². The molecule has 1 aromatic rings. The maximum absolute atomic E-state index is 12.5. The van der Waals surface area contributed by atoms with Crippen molar-refractivity contribution in [1.29, 1.82) is 0 Å². The molecule has 1 aliphatic carbocycles. The summed E-state index contributed by atoms with van der Waals surface area (Å²) in [6.45, 7) is 4.91. The van der Waals surface area contributed by atoms with Gasteiger partial charge in [-0.2, -0.15) is 5.10 Å². The molecule has 0 radical (unpaired) electrons. The lowest BCUT2D eigenvalue weighted by Gasteiger charge is -2.22. The molecule has 3 rings (SSSR count). The molecule has 21 heavy (non-hydrogen) atoms. The van der Waals surface area contributed by atoms with Crippen molar-refractivity contribution in [3.8, 4) is 0 Å². The van der Waals surface area contributed by atoms with Gasteiger partial charge in [0.2, 0.25) is 0 Å². The fourth-order valence-corrected chi connectivity index (χ4v) is 3.70. The largest absolute Gasteiger partial charge is 0.481 e. The number of aromatic amines is 1. The van der Waals surface area contributed by atoms with Gasteiger partial charge in [0.05, 0.1) is 5.41 Å². The van der Waals surface area contributed by atoms with Gasteiger partial charge in [-0.1, -0.05) is 20.3 Å². The molecule has 0 unspecified atom stereocenters. The van der Waals surface area contributed by atoms with Crippen molar-refractivity contribution in [3.05, 3.63) is 17.5 Å². The minimum atomic E-state index is -0.759. The molecule has 6 heteroatoms. The second-order valence-electron chi connectivity index (χ2n) is 6.60. The first kappa shape index (κ1) is 14.1. The lowest BCUT2D eigenvalue weighted by molar-refractivity contribution is -0.149. The number of likely N-dealkylation sites (tertiary alicyclic amines) is 1. The van der Waals surface area contributed by atoms with Crippen LogP contribution in [0.2, 0.25) is 0 Å². The van der Waals surface area contributed by atoms with E-state index in [9.17, 15) is 14.7 Å². The van der Waals surface area contributed by atoms with Gasteiger partial charge in [-0.05, 0) is 30.7 Å². The van der Waals surface area contributed by atoms with E-state index in [0.717, 1.165) is 18.5 Å². The summed E-state index contributed by atoms with van der Waals surface area (Å²) < 4.78 is 0. The smallest absolute Gasteiger partial charge is 0.311 e. The zero-order valence-corrected chi connectivity index (χ0v) is 12.4. The number of nitrogens with one attached hydrogen (secondary N) is 1. The van der Waals surface area contributed by atoms with Crippen molar-refractivity contribution in [1.82, 2.24) is 15.1 Å². The number of H-pyrrole nitrogens is 1. The Hall–Kier alpha value is -1.85. The molecule has 114 valence electrons. The van der Waals surface area contributed by atoms with Crippen LogP contribution in [0, 0.1) is 11.3 Å². The Balaban J connectivity index is 1.79. The van der Waals surface area contributed by atoms with Crippen molar-refractivity contribution in [2.75, 3.05) is 13.1 Å². The lowest BCUT2D eigenvalue weighted by Crippen LogP contribution is -2.37. The van der Waals surface area contributed by atoms with E-state index in [1.807, 2.05) is 13.8 Å². The third-order valence-corrected chi connectivity index (χ3v) is 5.02. The van der Waals surface area contributed by atoms with Gasteiger partial charge in [-0.3, -0.25) is 14.7 Å². The van der Waals surface area contributed by atoms with Gasteiger partial charge in [-0.25, -0.2) is 0 Å². The summed E-state index contributed by atoms with van der Waals surface area (Å²) in [6.07, 6.45) is 2.52. The molecule has 6 nitrogen and oxygen atoms in total. The van der Waals surface area contributed by atoms with Gasteiger partial charge in [0.25, 0.3) is 5.91 Å². The van der Waals surface area contributed by atoms with Crippen molar-refractivity contribution in [2.24, 2.45) is 11.3 Å². The van der Waals surface area contributed by atoms with Crippen molar-refractivity contribution < 1.29 is 14.7 Å². The molecule has 1 saturated carbocycles. The highest BCUT2D eigenvalue weighted by Crippen LogP contribution is 2.49. The number of aromatic nitrogens is 2. The van der Waals surface area contributed by atoms with Crippen LogP contribution in [0.3, 0.4) is 0 Å². The number of carboxylic acids is 1. The van der Waals surface area contributed by atoms with Crippen molar-refractivity contribution in [3.63, 3.8) is 0 Å². The third-order valence-electron chi connectivity index (χ3n) is 5.02. The molecule has 2 fully saturated rings. The quantitative estimate of drug-likeness (QED) is 0.890. The minimum absolute atomic E-state index is 0.0856. The number of hydrogen-bond acceptors (Lipinski definition) is 3. The predicted molar refractivity (Wildman–Crippen MR) is 76.0 cm³/mol. The summed E-state index contributed by atoms with van der Waals surface area (Å²) in [6, 6.07) is 1.77.